The van der Waals surface area contributed by atoms with E-state index in [9.17, 15) is 33.7 Å². The van der Waals surface area contributed by atoms with E-state index in [1.54, 1.807) is 48.5 Å². The normalized spacial score (nSPS) is 17.5. The molecule has 1 heterocycles. The van der Waals surface area contributed by atoms with Gasteiger partial charge in [0.05, 0.1) is 19.6 Å². The fourth-order valence-corrected chi connectivity index (χ4v) is 12.5. The van der Waals surface area contributed by atoms with E-state index in [0.717, 1.165) is 39.5 Å². The highest BCUT2D eigenvalue weighted by atomic mass is 32.2. The van der Waals surface area contributed by atoms with E-state index in [-0.39, 0.29) is 94.2 Å². The van der Waals surface area contributed by atoms with Crippen molar-refractivity contribution in [3.63, 3.8) is 0 Å². The molecule has 5 rings (SSSR count). The zero-order valence-corrected chi connectivity index (χ0v) is 37.7. The van der Waals surface area contributed by atoms with Gasteiger partial charge < -0.3 is 0 Å². The molecule has 4 aromatic carbocycles. The van der Waals surface area contributed by atoms with Crippen LogP contribution in [0.3, 0.4) is 0 Å². The molecule has 1 aliphatic heterocycles. The van der Waals surface area contributed by atoms with E-state index in [4.69, 9.17) is 0 Å². The molecule has 0 atom stereocenters. The molecule has 16 heteroatoms. The fraction of sp³-hybridized carbons (Fsp3) is 0.273. The van der Waals surface area contributed by atoms with Crippen molar-refractivity contribution < 1.29 is 33.7 Å². The van der Waals surface area contributed by atoms with Crippen molar-refractivity contribution >= 4 is 40.1 Å². The molecule has 0 aromatic heterocycles. The first-order chi connectivity index (χ1) is 28.0. The maximum absolute atomic E-state index is 14.4. The Labute approximate surface area is 356 Å². The predicted molar refractivity (Wildman–Crippen MR) is 236 cm³/mol. The molecule has 0 N–H and O–H groups in total. The highest BCUT2D eigenvalue weighted by molar-refractivity contribution is 7.90. The maximum atomic E-state index is 14.4. The lowest BCUT2D eigenvalue weighted by molar-refractivity contribution is 0.394. The van der Waals surface area contributed by atoms with Gasteiger partial charge in [0, 0.05) is 52.4 Å². The first-order valence-electron chi connectivity index (χ1n) is 18.9. The van der Waals surface area contributed by atoms with Crippen molar-refractivity contribution in [2.75, 3.05) is 52.4 Å². The van der Waals surface area contributed by atoms with Crippen LogP contribution in [-0.4, -0.2) is 103 Å². The summed E-state index contributed by atoms with van der Waals surface area (Å²) in [6.07, 6.45) is 0. The Balaban J connectivity index is 1.64. The van der Waals surface area contributed by atoms with Gasteiger partial charge >= 0.3 is 0 Å². The summed E-state index contributed by atoms with van der Waals surface area (Å²) in [5.74, 6) is 0. The van der Waals surface area contributed by atoms with Gasteiger partial charge in [-0.1, -0.05) is 97.1 Å². The smallest absolute Gasteiger partial charge is 0.207 e. The lowest BCUT2D eigenvalue weighted by Gasteiger charge is -2.32. The van der Waals surface area contributed by atoms with Crippen LogP contribution in [0.2, 0.25) is 0 Å². The highest BCUT2D eigenvalue weighted by Crippen LogP contribution is 2.27. The second-order valence-corrected chi connectivity index (χ2v) is 23.1. The molecule has 0 saturated carbocycles. The van der Waals surface area contributed by atoms with Gasteiger partial charge in [-0.2, -0.15) is 17.2 Å². The molecule has 0 spiro atoms. The molecule has 320 valence electrons. The van der Waals surface area contributed by atoms with Crippen LogP contribution >= 0.6 is 0 Å². The second kappa shape index (κ2) is 18.6. The molecule has 0 unspecified atom stereocenters. The Morgan fingerprint density at radius 2 is 0.433 bits per heavy atom. The first kappa shape index (κ1) is 46.5. The third kappa shape index (κ3) is 11.0. The molecule has 1 fully saturated rings. The number of aryl methyl sites for hydroxylation is 4. The molecule has 1 aliphatic rings. The molecule has 0 amide bonds. The fourth-order valence-electron chi connectivity index (χ4n) is 6.54. The molecular formula is C44H52N4O8S4. The van der Waals surface area contributed by atoms with Gasteiger partial charge in [-0.25, -0.2) is 33.7 Å². The average molecular weight is 893 g/mol. The van der Waals surface area contributed by atoms with Gasteiger partial charge in [-0.15, -0.1) is 0 Å². The van der Waals surface area contributed by atoms with Gasteiger partial charge in [0.15, 0.2) is 0 Å². The summed E-state index contributed by atoms with van der Waals surface area (Å²) in [6.45, 7) is 20.8. The van der Waals surface area contributed by atoms with Gasteiger partial charge in [0.1, 0.15) is 0 Å². The molecule has 4 aromatic rings. The summed E-state index contributed by atoms with van der Waals surface area (Å²) in [5, 5.41) is 0. The number of hydrogen-bond acceptors (Lipinski definition) is 8. The van der Waals surface area contributed by atoms with Crippen molar-refractivity contribution in [2.45, 2.75) is 47.3 Å². The van der Waals surface area contributed by atoms with E-state index >= 15 is 0 Å². The zero-order chi connectivity index (χ0) is 44.2. The summed E-state index contributed by atoms with van der Waals surface area (Å²) >= 11 is 0. The minimum absolute atomic E-state index is 0.0343. The van der Waals surface area contributed by atoms with Crippen LogP contribution in [0.25, 0.3) is 0 Å². The van der Waals surface area contributed by atoms with Gasteiger partial charge in [0.25, 0.3) is 0 Å². The van der Waals surface area contributed by atoms with Crippen molar-refractivity contribution in [1.29, 1.82) is 0 Å². The quantitative estimate of drug-likeness (QED) is 0.189. The summed E-state index contributed by atoms with van der Waals surface area (Å²) < 4.78 is 119. The van der Waals surface area contributed by atoms with E-state index in [1.807, 2.05) is 27.7 Å². The third-order valence-electron chi connectivity index (χ3n) is 9.83. The molecule has 1 saturated heterocycles. The SMILES string of the molecule is C=C1CN(S(=O)(=O)c2ccc(C)cc2)CC(=C)CN(S(=O)(=O)c2ccc(C)cc2)CC(=C)CN(S(=O)(=O)c2ccc(C)cc2)CC(=C)CN(S(=O)(=O)c2ccc(C)cc2)C1. The molecule has 12 nitrogen and oxygen atoms in total. The van der Waals surface area contributed by atoms with Gasteiger partial charge in [0.2, 0.25) is 40.1 Å². The molecule has 0 radical (unpaired) electrons. The van der Waals surface area contributed by atoms with E-state index in [1.165, 1.54) is 48.5 Å². The zero-order valence-electron chi connectivity index (χ0n) is 34.4. The van der Waals surface area contributed by atoms with Crippen LogP contribution < -0.4 is 0 Å². The number of benzene rings is 4. The molecule has 60 heavy (non-hydrogen) atoms. The predicted octanol–water partition coefficient (Wildman–Crippen LogP) is 6.22. The maximum Gasteiger partial charge on any atom is 0.243 e. The Hall–Kier alpha value is -4.52. The average Bonchev–Trinajstić information content (AvgIpc) is 3.17. The Bertz CT molecular complexity index is 2300. The topological polar surface area (TPSA) is 150 Å². The lowest BCUT2D eigenvalue weighted by atomic mass is 10.2. The number of rotatable bonds is 8. The molecule has 0 bridgehead atoms. The van der Waals surface area contributed by atoms with Crippen molar-refractivity contribution in [3.05, 3.63) is 168 Å². The number of sulfonamides is 4. The van der Waals surface area contributed by atoms with Crippen LogP contribution in [0.1, 0.15) is 22.3 Å². The van der Waals surface area contributed by atoms with E-state index in [0.29, 0.717) is 0 Å². The van der Waals surface area contributed by atoms with E-state index < -0.39 is 40.1 Å². The van der Waals surface area contributed by atoms with Crippen LogP contribution in [0.4, 0.5) is 0 Å². The highest BCUT2D eigenvalue weighted by Gasteiger charge is 2.34. The van der Waals surface area contributed by atoms with E-state index in [2.05, 4.69) is 26.3 Å². The van der Waals surface area contributed by atoms with Gasteiger partial charge in [-0.3, -0.25) is 0 Å². The summed E-state index contributed by atoms with van der Waals surface area (Å²) in [6, 6.07) is 24.9. The van der Waals surface area contributed by atoms with Crippen molar-refractivity contribution in [2.24, 2.45) is 0 Å². The van der Waals surface area contributed by atoms with Crippen LogP contribution in [0.5, 0.6) is 0 Å². The van der Waals surface area contributed by atoms with Gasteiger partial charge in [-0.05, 0) is 98.5 Å². The summed E-state index contributed by atoms with van der Waals surface area (Å²) in [5.41, 5.74) is 4.02. The largest absolute Gasteiger partial charge is 0.243 e. The standard InChI is InChI=1S/C44H52N4O8S4/c1-33-9-17-41(18-10-33)57(49,50)45-25-37(5)27-46(58(51,52)42-19-11-34(2)12-20-42)29-39(7)31-48(60(55,56)44-23-15-36(4)16-24-44)32-40(8)30-47(28-38(6)26-45)59(53,54)43-21-13-35(3)14-22-43/h9-24H,5-8,25-32H2,1-4H3. The Morgan fingerprint density at radius 1 is 0.300 bits per heavy atom. The van der Waals surface area contributed by atoms with Crippen LogP contribution in [0.15, 0.2) is 165 Å². The number of nitrogens with zero attached hydrogens (tertiary/aromatic N) is 4. The monoisotopic (exact) mass is 892 g/mol. The van der Waals surface area contributed by atoms with Crippen LogP contribution in [0, 0.1) is 27.7 Å². The number of hydrogen-bond donors (Lipinski definition) is 0. The summed E-state index contributed by atoms with van der Waals surface area (Å²) in [7, 11) is -17.2. The minimum Gasteiger partial charge on any atom is -0.207 e. The second-order valence-electron chi connectivity index (χ2n) is 15.3. The molecule has 0 aliphatic carbocycles. The van der Waals surface area contributed by atoms with Crippen molar-refractivity contribution in [3.8, 4) is 0 Å². The van der Waals surface area contributed by atoms with Crippen LogP contribution in [-0.2, 0) is 40.1 Å². The third-order valence-corrected chi connectivity index (χ3v) is 17.1. The first-order valence-corrected chi connectivity index (χ1v) is 24.7. The molecular weight excluding hydrogens is 841 g/mol. The Morgan fingerprint density at radius 3 is 0.567 bits per heavy atom. The van der Waals surface area contributed by atoms with Crippen molar-refractivity contribution in [1.82, 2.24) is 17.2 Å². The lowest BCUT2D eigenvalue weighted by Crippen LogP contribution is -2.43. The minimum atomic E-state index is -4.29. The Kier molecular flexibility index (Phi) is 14.4. The summed E-state index contributed by atoms with van der Waals surface area (Å²) in [4.78, 5) is -0.137.